The quantitative estimate of drug-likeness (QED) is 0.853. The van der Waals surface area contributed by atoms with Crippen molar-refractivity contribution in [1.29, 1.82) is 5.26 Å². The minimum Gasteiger partial charge on any atom is -0.335 e. The molecule has 1 fully saturated rings. The average molecular weight is 388 g/mol. The summed E-state index contributed by atoms with van der Waals surface area (Å²) < 4.78 is 38.6. The van der Waals surface area contributed by atoms with E-state index in [1.807, 2.05) is 6.07 Å². The summed E-state index contributed by atoms with van der Waals surface area (Å²) in [5.41, 5.74) is -2.25. The number of anilines is 1. The molecule has 1 saturated carbocycles. The number of rotatable bonds is 4. The number of alkyl halides is 3. The van der Waals surface area contributed by atoms with Gasteiger partial charge in [0.1, 0.15) is 5.41 Å². The van der Waals surface area contributed by atoms with Gasteiger partial charge >= 0.3 is 6.18 Å². The Morgan fingerprint density at radius 1 is 1.35 bits per heavy atom. The van der Waals surface area contributed by atoms with Crippen LogP contribution in [0.1, 0.15) is 31.2 Å². The molecule has 26 heavy (non-hydrogen) atoms. The Kier molecular flexibility index (Phi) is 5.81. The molecule has 9 heteroatoms. The predicted octanol–water partition coefficient (Wildman–Crippen LogP) is 3.84. The highest BCUT2D eigenvalue weighted by molar-refractivity contribution is 6.31. The maximum absolute atomic E-state index is 12.9. The van der Waals surface area contributed by atoms with Crippen LogP contribution in [0.3, 0.4) is 0 Å². The Hall–Kier alpha value is -2.27. The highest BCUT2D eigenvalue weighted by Gasteiger charge is 2.43. The molecule has 5 nitrogen and oxygen atoms in total. The van der Waals surface area contributed by atoms with Gasteiger partial charge in [-0.1, -0.05) is 24.4 Å². The number of hydrogen-bond acceptors (Lipinski definition) is 3. The minimum atomic E-state index is -4.65. The largest absolute Gasteiger partial charge is 0.417 e. The van der Waals surface area contributed by atoms with Crippen molar-refractivity contribution >= 4 is 29.1 Å². The van der Waals surface area contributed by atoms with Crippen LogP contribution < -0.4 is 5.32 Å². The first kappa shape index (κ1) is 20.0. The fourth-order valence-electron chi connectivity index (χ4n) is 3.03. The molecule has 2 rings (SSSR count). The monoisotopic (exact) mass is 387 g/mol. The Morgan fingerprint density at radius 3 is 2.50 bits per heavy atom. The normalized spacial score (nSPS) is 16.0. The molecule has 1 aromatic carbocycles. The molecule has 0 aliphatic heterocycles. The maximum atomic E-state index is 12.9. The zero-order valence-electron chi connectivity index (χ0n) is 14.0. The number of benzene rings is 1. The van der Waals surface area contributed by atoms with Crippen molar-refractivity contribution in [3.63, 3.8) is 0 Å². The Bertz CT molecular complexity index is 753. The summed E-state index contributed by atoms with van der Waals surface area (Å²) in [5, 5.41) is 11.2. The third-order valence-corrected chi connectivity index (χ3v) is 4.69. The number of amides is 2. The first-order valence-electron chi connectivity index (χ1n) is 7.92. The minimum absolute atomic E-state index is 0.0802. The molecule has 0 atom stereocenters. The van der Waals surface area contributed by atoms with Crippen molar-refractivity contribution < 1.29 is 22.8 Å². The fraction of sp³-hybridized carbons (Fsp3) is 0.471. The second-order valence-corrected chi connectivity index (χ2v) is 6.71. The highest BCUT2D eigenvalue weighted by Crippen LogP contribution is 2.39. The summed E-state index contributed by atoms with van der Waals surface area (Å²) in [6.45, 7) is -0.369. The van der Waals surface area contributed by atoms with Crippen LogP contribution >= 0.6 is 11.6 Å². The van der Waals surface area contributed by atoms with Crippen molar-refractivity contribution in [2.24, 2.45) is 5.41 Å². The number of halogens is 4. The molecular weight excluding hydrogens is 371 g/mol. The number of nitriles is 1. The number of nitrogens with zero attached hydrogens (tertiary/aromatic N) is 2. The number of likely N-dealkylation sites (N-methyl/N-ethyl adjacent to an activating group) is 1. The third kappa shape index (κ3) is 4.28. The Labute approximate surface area is 153 Å². The van der Waals surface area contributed by atoms with E-state index in [0.717, 1.165) is 29.9 Å². The van der Waals surface area contributed by atoms with Crippen molar-refractivity contribution in [2.45, 2.75) is 31.9 Å². The van der Waals surface area contributed by atoms with Gasteiger partial charge in [0.15, 0.2) is 0 Å². The standard InChI is InChI=1S/C17H17ClF3N3O2/c1-24(15(26)16(10-22)6-2-3-7-16)9-14(25)23-11-4-5-13(18)12(8-11)17(19,20)21/h4-5,8H,2-3,6-7,9H2,1H3,(H,23,25). The van der Waals surface area contributed by atoms with Crippen LogP contribution in [0.5, 0.6) is 0 Å². The molecule has 1 aromatic rings. The highest BCUT2D eigenvalue weighted by atomic mass is 35.5. The van der Waals surface area contributed by atoms with Gasteiger partial charge < -0.3 is 10.2 Å². The van der Waals surface area contributed by atoms with Crippen LogP contribution in [0.25, 0.3) is 0 Å². The summed E-state index contributed by atoms with van der Waals surface area (Å²) in [7, 11) is 1.39. The summed E-state index contributed by atoms with van der Waals surface area (Å²) in [4.78, 5) is 25.7. The van der Waals surface area contributed by atoms with Crippen molar-refractivity contribution in [2.75, 3.05) is 18.9 Å². The zero-order valence-corrected chi connectivity index (χ0v) is 14.7. The van der Waals surface area contributed by atoms with Gasteiger partial charge in [0, 0.05) is 12.7 Å². The first-order valence-corrected chi connectivity index (χ1v) is 8.30. The van der Waals surface area contributed by atoms with Gasteiger partial charge in [-0.3, -0.25) is 9.59 Å². The van der Waals surface area contributed by atoms with E-state index in [4.69, 9.17) is 11.6 Å². The second kappa shape index (κ2) is 7.54. The van der Waals surface area contributed by atoms with Crippen molar-refractivity contribution in [3.8, 4) is 6.07 Å². The van der Waals surface area contributed by atoms with Gasteiger partial charge in [0.05, 0.1) is 23.2 Å². The number of carbonyl (C=O) groups is 2. The first-order chi connectivity index (χ1) is 12.1. The van der Waals surface area contributed by atoms with Crippen LogP contribution in [0.15, 0.2) is 18.2 Å². The molecule has 1 aliphatic carbocycles. The maximum Gasteiger partial charge on any atom is 0.417 e. The zero-order chi connectivity index (χ0) is 19.5. The number of hydrogen-bond donors (Lipinski definition) is 1. The lowest BCUT2D eigenvalue weighted by Crippen LogP contribution is -2.43. The van der Waals surface area contributed by atoms with Gasteiger partial charge in [-0.2, -0.15) is 18.4 Å². The molecule has 0 heterocycles. The molecule has 140 valence electrons. The van der Waals surface area contributed by atoms with Crippen molar-refractivity contribution in [3.05, 3.63) is 28.8 Å². The lowest BCUT2D eigenvalue weighted by Gasteiger charge is -2.26. The van der Waals surface area contributed by atoms with Gasteiger partial charge in [-0.15, -0.1) is 0 Å². The molecule has 2 amide bonds. The summed E-state index contributed by atoms with van der Waals surface area (Å²) >= 11 is 5.53. The molecule has 0 spiro atoms. The SMILES string of the molecule is CN(CC(=O)Nc1ccc(Cl)c(C(F)(F)F)c1)C(=O)C1(C#N)CCCC1. The van der Waals surface area contributed by atoms with E-state index in [-0.39, 0.29) is 12.2 Å². The molecule has 1 N–H and O–H groups in total. The van der Waals surface area contributed by atoms with E-state index in [0.29, 0.717) is 12.8 Å². The smallest absolute Gasteiger partial charge is 0.335 e. The average Bonchev–Trinajstić information content (AvgIpc) is 3.05. The van der Waals surface area contributed by atoms with E-state index in [9.17, 15) is 28.0 Å². The molecule has 0 saturated heterocycles. The summed E-state index contributed by atoms with van der Waals surface area (Å²) in [5.74, 6) is -1.11. The topological polar surface area (TPSA) is 73.2 Å². The molecule has 0 bridgehead atoms. The molecule has 0 radical (unpaired) electrons. The Balaban J connectivity index is 2.05. The van der Waals surface area contributed by atoms with Gasteiger partial charge in [0.2, 0.25) is 11.8 Å². The van der Waals surface area contributed by atoms with E-state index in [2.05, 4.69) is 5.32 Å². The molecule has 1 aliphatic rings. The lowest BCUT2D eigenvalue weighted by molar-refractivity contribution is -0.139. The number of carbonyl (C=O) groups excluding carboxylic acids is 2. The van der Waals surface area contributed by atoms with E-state index < -0.39 is 34.0 Å². The van der Waals surface area contributed by atoms with Crippen LogP contribution in [0.4, 0.5) is 18.9 Å². The fourth-order valence-corrected chi connectivity index (χ4v) is 3.25. The molecule has 0 aromatic heterocycles. The summed E-state index contributed by atoms with van der Waals surface area (Å²) in [6.07, 6.45) is -2.22. The molecular formula is C17H17ClF3N3O2. The van der Waals surface area contributed by atoms with Crippen LogP contribution in [-0.2, 0) is 15.8 Å². The van der Waals surface area contributed by atoms with Gasteiger partial charge in [0.25, 0.3) is 0 Å². The summed E-state index contributed by atoms with van der Waals surface area (Å²) in [6, 6.07) is 5.06. The van der Waals surface area contributed by atoms with E-state index >= 15 is 0 Å². The second-order valence-electron chi connectivity index (χ2n) is 6.30. The molecule has 0 unspecified atom stereocenters. The Morgan fingerprint density at radius 2 is 1.96 bits per heavy atom. The van der Waals surface area contributed by atoms with Crippen LogP contribution in [0, 0.1) is 16.7 Å². The van der Waals surface area contributed by atoms with Crippen LogP contribution in [0.2, 0.25) is 5.02 Å². The van der Waals surface area contributed by atoms with E-state index in [1.54, 1.807) is 0 Å². The third-order valence-electron chi connectivity index (χ3n) is 4.36. The van der Waals surface area contributed by atoms with Gasteiger partial charge in [-0.25, -0.2) is 0 Å². The predicted molar refractivity (Wildman–Crippen MR) is 89.2 cm³/mol. The van der Waals surface area contributed by atoms with Gasteiger partial charge in [-0.05, 0) is 31.0 Å². The van der Waals surface area contributed by atoms with Crippen LogP contribution in [-0.4, -0.2) is 30.3 Å². The van der Waals surface area contributed by atoms with Crippen molar-refractivity contribution in [1.82, 2.24) is 4.90 Å². The number of nitrogens with one attached hydrogen (secondary N) is 1. The lowest BCUT2D eigenvalue weighted by atomic mass is 9.86. The van der Waals surface area contributed by atoms with E-state index in [1.165, 1.54) is 13.1 Å².